The van der Waals surface area contributed by atoms with Gasteiger partial charge in [0.1, 0.15) is 13.2 Å². The zero-order chi connectivity index (χ0) is 31.8. The first kappa shape index (κ1) is 32.0. The van der Waals surface area contributed by atoms with E-state index in [0.29, 0.717) is 40.8 Å². The molecule has 0 aliphatic carbocycles. The molecule has 4 rings (SSSR count). The number of carbonyl (C=O) groups excluding carboxylic acids is 4. The molecule has 0 unspecified atom stereocenters. The van der Waals surface area contributed by atoms with Crippen molar-refractivity contribution in [3.05, 3.63) is 97.4 Å². The molecule has 228 valence electrons. The lowest BCUT2D eigenvalue weighted by Crippen LogP contribution is -2.36. The fraction of sp³-hybridized carbons (Fsp3) is 0.200. The van der Waals surface area contributed by atoms with Crippen LogP contribution in [0.25, 0.3) is 6.08 Å². The highest BCUT2D eigenvalue weighted by Gasteiger charge is 2.36. The van der Waals surface area contributed by atoms with Gasteiger partial charge in [0.15, 0.2) is 11.5 Å². The van der Waals surface area contributed by atoms with Gasteiger partial charge in [-0.3, -0.25) is 29.4 Å². The van der Waals surface area contributed by atoms with Gasteiger partial charge in [0, 0.05) is 17.8 Å². The Hall–Kier alpha value is -4.88. The molecule has 44 heavy (non-hydrogen) atoms. The number of esters is 1. The van der Waals surface area contributed by atoms with Crippen LogP contribution in [0.2, 0.25) is 5.02 Å². The maximum absolute atomic E-state index is 13.0. The molecule has 14 heteroatoms. The number of nitrogens with zero attached hydrogens (tertiary/aromatic N) is 2. The van der Waals surface area contributed by atoms with Crippen LogP contribution in [0.3, 0.4) is 0 Å². The smallest absolute Gasteiger partial charge is 0.339 e. The number of nitrogens with one attached hydrogen (secondary N) is 1. The van der Waals surface area contributed by atoms with Crippen LogP contribution in [0, 0.1) is 10.1 Å². The highest BCUT2D eigenvalue weighted by Crippen LogP contribution is 2.35. The molecule has 12 nitrogen and oxygen atoms in total. The van der Waals surface area contributed by atoms with Gasteiger partial charge < -0.3 is 19.5 Å². The highest BCUT2D eigenvalue weighted by atomic mass is 35.5. The van der Waals surface area contributed by atoms with Gasteiger partial charge in [-0.05, 0) is 65.7 Å². The number of nitro groups is 1. The number of hydrogen-bond acceptors (Lipinski definition) is 10. The minimum Gasteiger partial charge on any atom is -0.493 e. The Morgan fingerprint density at radius 1 is 1.09 bits per heavy atom. The number of amides is 3. The molecule has 1 heterocycles. The average Bonchev–Trinajstić information content (AvgIpc) is 3.27. The summed E-state index contributed by atoms with van der Waals surface area (Å²) in [7, 11) is 1.43. The van der Waals surface area contributed by atoms with E-state index in [2.05, 4.69) is 5.32 Å². The number of rotatable bonds is 12. The molecule has 0 aromatic heterocycles. The van der Waals surface area contributed by atoms with Crippen molar-refractivity contribution >= 4 is 63.8 Å². The number of hydrogen-bond donors (Lipinski definition) is 1. The summed E-state index contributed by atoms with van der Waals surface area (Å²) in [6.07, 6.45) is 2.12. The molecule has 0 spiro atoms. The largest absolute Gasteiger partial charge is 0.493 e. The van der Waals surface area contributed by atoms with E-state index in [-0.39, 0.29) is 40.1 Å². The summed E-state index contributed by atoms with van der Waals surface area (Å²) < 4.78 is 16.3. The van der Waals surface area contributed by atoms with Gasteiger partial charge in [0.25, 0.3) is 16.8 Å². The van der Waals surface area contributed by atoms with E-state index in [4.69, 9.17) is 25.8 Å². The Morgan fingerprint density at radius 2 is 1.89 bits per heavy atom. The summed E-state index contributed by atoms with van der Waals surface area (Å²) in [5.74, 6) is -1.24. The third-order valence-electron chi connectivity index (χ3n) is 6.08. The number of ether oxygens (including phenoxy) is 3. The molecule has 0 atom stereocenters. The molecule has 3 aromatic rings. The van der Waals surface area contributed by atoms with Gasteiger partial charge in [-0.25, -0.2) is 4.79 Å². The van der Waals surface area contributed by atoms with Crippen molar-refractivity contribution in [1.29, 1.82) is 0 Å². The Kier molecular flexibility index (Phi) is 10.6. The van der Waals surface area contributed by atoms with Crippen LogP contribution >= 0.6 is 23.4 Å². The standard InChI is InChI=1S/C30H26ClN3O9S/c1-3-11-42-29(37)22-15-20(8-9-23(22)31)32-27(35)16-33-28(36)26(44-30(33)38)14-18-7-10-24(25(13-18)41-2)43-17-19-5-4-6-21(12-19)34(39)40/h4-10,12-15H,3,11,16-17H2,1-2H3,(H,32,35)/b26-14+. The first-order valence-corrected chi connectivity index (χ1v) is 14.3. The van der Waals surface area contributed by atoms with E-state index in [9.17, 15) is 29.3 Å². The minimum absolute atomic E-state index is 0.0525. The lowest BCUT2D eigenvalue weighted by atomic mass is 10.1. The Morgan fingerprint density at radius 3 is 2.61 bits per heavy atom. The first-order valence-electron chi connectivity index (χ1n) is 13.2. The molecule has 1 aliphatic heterocycles. The van der Waals surface area contributed by atoms with E-state index in [1.54, 1.807) is 30.3 Å². The van der Waals surface area contributed by atoms with E-state index < -0.39 is 34.5 Å². The predicted octanol–water partition coefficient (Wildman–Crippen LogP) is 6.08. The van der Waals surface area contributed by atoms with E-state index in [0.717, 1.165) is 4.90 Å². The maximum Gasteiger partial charge on any atom is 0.339 e. The van der Waals surface area contributed by atoms with Gasteiger partial charge in [-0.1, -0.05) is 36.7 Å². The molecule has 1 aliphatic rings. The summed E-state index contributed by atoms with van der Waals surface area (Å²) in [6, 6.07) is 15.2. The second-order valence-electron chi connectivity index (χ2n) is 9.27. The molecular formula is C30H26ClN3O9S. The Bertz CT molecular complexity index is 1660. The third kappa shape index (κ3) is 7.94. The summed E-state index contributed by atoms with van der Waals surface area (Å²) in [5, 5.41) is 13.1. The number of imide groups is 1. The summed E-state index contributed by atoms with van der Waals surface area (Å²) in [6.45, 7) is 1.57. The lowest BCUT2D eigenvalue weighted by Gasteiger charge is -2.13. The number of non-ortho nitro benzene ring substituents is 1. The molecule has 0 saturated carbocycles. The fourth-order valence-corrected chi connectivity index (χ4v) is 5.01. The van der Waals surface area contributed by atoms with Crippen LogP contribution in [-0.2, 0) is 20.9 Å². The van der Waals surface area contributed by atoms with Crippen molar-refractivity contribution in [1.82, 2.24) is 4.90 Å². The van der Waals surface area contributed by atoms with Gasteiger partial charge >= 0.3 is 5.97 Å². The molecule has 3 amide bonds. The zero-order valence-electron chi connectivity index (χ0n) is 23.5. The van der Waals surface area contributed by atoms with E-state index in [1.165, 1.54) is 43.5 Å². The van der Waals surface area contributed by atoms with Crippen molar-refractivity contribution < 1.29 is 38.3 Å². The number of benzene rings is 3. The summed E-state index contributed by atoms with van der Waals surface area (Å²) in [4.78, 5) is 62.0. The van der Waals surface area contributed by atoms with Gasteiger partial charge in [-0.15, -0.1) is 0 Å². The van der Waals surface area contributed by atoms with Crippen LogP contribution in [0.1, 0.15) is 34.8 Å². The zero-order valence-corrected chi connectivity index (χ0v) is 25.1. The quantitative estimate of drug-likeness (QED) is 0.107. The van der Waals surface area contributed by atoms with Gasteiger partial charge in [0.2, 0.25) is 5.91 Å². The normalized spacial score (nSPS) is 13.6. The minimum atomic E-state index is -0.657. The average molecular weight is 640 g/mol. The van der Waals surface area contributed by atoms with Crippen LogP contribution in [0.4, 0.5) is 16.2 Å². The second kappa shape index (κ2) is 14.5. The van der Waals surface area contributed by atoms with Crippen molar-refractivity contribution in [2.75, 3.05) is 25.6 Å². The van der Waals surface area contributed by atoms with Crippen LogP contribution in [-0.4, -0.2) is 53.1 Å². The molecule has 0 radical (unpaired) electrons. The van der Waals surface area contributed by atoms with Crippen molar-refractivity contribution in [3.63, 3.8) is 0 Å². The lowest BCUT2D eigenvalue weighted by molar-refractivity contribution is -0.384. The number of carbonyl (C=O) groups is 4. The van der Waals surface area contributed by atoms with Gasteiger partial charge in [0.05, 0.1) is 34.1 Å². The topological polar surface area (TPSA) is 154 Å². The van der Waals surface area contributed by atoms with E-state index >= 15 is 0 Å². The summed E-state index contributed by atoms with van der Waals surface area (Å²) >= 11 is 6.78. The van der Waals surface area contributed by atoms with Crippen LogP contribution in [0.15, 0.2) is 65.6 Å². The van der Waals surface area contributed by atoms with E-state index in [1.807, 2.05) is 6.92 Å². The van der Waals surface area contributed by atoms with Crippen LogP contribution in [0.5, 0.6) is 11.5 Å². The Balaban J connectivity index is 1.41. The Labute approximate surface area is 261 Å². The SMILES string of the molecule is CCCOC(=O)c1cc(NC(=O)CN2C(=O)S/C(=C/c3ccc(OCc4cccc([N+](=O)[O-])c4)c(OC)c3)C2=O)ccc1Cl. The van der Waals surface area contributed by atoms with Crippen LogP contribution < -0.4 is 14.8 Å². The maximum atomic E-state index is 13.0. The fourth-order valence-electron chi connectivity index (χ4n) is 3.98. The third-order valence-corrected chi connectivity index (χ3v) is 7.32. The second-order valence-corrected chi connectivity index (χ2v) is 10.7. The monoisotopic (exact) mass is 639 g/mol. The van der Waals surface area contributed by atoms with Crippen molar-refractivity contribution in [2.24, 2.45) is 0 Å². The number of nitro benzene ring substituents is 1. The molecule has 3 aromatic carbocycles. The number of halogens is 1. The van der Waals surface area contributed by atoms with Crippen molar-refractivity contribution in [2.45, 2.75) is 20.0 Å². The van der Waals surface area contributed by atoms with Crippen molar-refractivity contribution in [3.8, 4) is 11.5 Å². The summed E-state index contributed by atoms with van der Waals surface area (Å²) in [5.41, 5.74) is 1.38. The molecule has 1 N–H and O–H groups in total. The number of thioether (sulfide) groups is 1. The number of anilines is 1. The predicted molar refractivity (Wildman–Crippen MR) is 164 cm³/mol. The first-order chi connectivity index (χ1) is 21.1. The highest BCUT2D eigenvalue weighted by molar-refractivity contribution is 8.18. The van der Waals surface area contributed by atoms with Gasteiger partial charge in [-0.2, -0.15) is 0 Å². The molecule has 1 saturated heterocycles. The molecular weight excluding hydrogens is 614 g/mol. The molecule has 0 bridgehead atoms. The number of methoxy groups -OCH3 is 1. The molecule has 1 fully saturated rings.